The Morgan fingerprint density at radius 1 is 1.06 bits per heavy atom. The van der Waals surface area contributed by atoms with Crippen molar-refractivity contribution in [3.8, 4) is 11.5 Å². The second kappa shape index (κ2) is 8.61. The lowest BCUT2D eigenvalue weighted by Crippen LogP contribution is -2.24. The highest BCUT2D eigenvalue weighted by atomic mass is 35.5. The minimum atomic E-state index is -0.527. The Morgan fingerprint density at radius 3 is 2.65 bits per heavy atom. The van der Waals surface area contributed by atoms with Crippen LogP contribution in [0.25, 0.3) is 0 Å². The van der Waals surface area contributed by atoms with Crippen LogP contribution in [0, 0.1) is 6.92 Å². The van der Waals surface area contributed by atoms with E-state index in [0.717, 1.165) is 11.1 Å². The molecule has 4 rings (SSSR count). The van der Waals surface area contributed by atoms with Crippen molar-refractivity contribution in [3.05, 3.63) is 87.4 Å². The van der Waals surface area contributed by atoms with Gasteiger partial charge >= 0.3 is 0 Å². The first kappa shape index (κ1) is 21.2. The average Bonchev–Trinajstić information content (AvgIpc) is 3.14. The van der Waals surface area contributed by atoms with Crippen LogP contribution in [-0.2, 0) is 4.79 Å². The van der Waals surface area contributed by atoms with Crippen molar-refractivity contribution in [1.29, 1.82) is 0 Å². The van der Waals surface area contributed by atoms with Crippen molar-refractivity contribution < 1.29 is 14.3 Å². The Bertz CT molecular complexity index is 1180. The number of anilines is 1. The van der Waals surface area contributed by atoms with Gasteiger partial charge in [-0.3, -0.25) is 9.59 Å². The van der Waals surface area contributed by atoms with Gasteiger partial charge in [0.1, 0.15) is 11.5 Å². The topological polar surface area (TPSA) is 72.6 Å². The van der Waals surface area contributed by atoms with Crippen LogP contribution in [0.4, 0.5) is 5.69 Å². The van der Waals surface area contributed by atoms with Gasteiger partial charge in [0.2, 0.25) is 11.8 Å². The van der Waals surface area contributed by atoms with Crippen LogP contribution in [0.2, 0.25) is 10.0 Å². The molecule has 1 aliphatic rings. The van der Waals surface area contributed by atoms with Crippen LogP contribution in [0.15, 0.2) is 60.7 Å². The summed E-state index contributed by atoms with van der Waals surface area (Å²) in [6.07, 6.45) is 0.345. The lowest BCUT2D eigenvalue weighted by molar-refractivity contribution is -0.117. The molecule has 0 unspecified atom stereocenters. The molecule has 0 radical (unpaired) electrons. The fourth-order valence-corrected chi connectivity index (χ4v) is 3.98. The van der Waals surface area contributed by atoms with Gasteiger partial charge in [0.25, 0.3) is 0 Å². The summed E-state index contributed by atoms with van der Waals surface area (Å²) in [5, 5.41) is 1.04. The Balaban J connectivity index is 1.58. The predicted octanol–water partition coefficient (Wildman–Crippen LogP) is 5.71. The van der Waals surface area contributed by atoms with Gasteiger partial charge in [-0.05, 0) is 60.5 Å². The molecule has 0 spiro atoms. The Kier molecular flexibility index (Phi) is 5.90. The van der Waals surface area contributed by atoms with Gasteiger partial charge in [0.05, 0.1) is 5.02 Å². The molecular formula is C24H20Cl2N2O3. The van der Waals surface area contributed by atoms with Gasteiger partial charge in [-0.1, -0.05) is 41.4 Å². The zero-order valence-corrected chi connectivity index (χ0v) is 18.3. The smallest absolute Gasteiger partial charge is 0.248 e. The fraction of sp³-hybridized carbons (Fsp3) is 0.167. The van der Waals surface area contributed by atoms with Crippen LogP contribution in [0.1, 0.15) is 33.8 Å². The molecule has 1 aliphatic heterocycles. The van der Waals surface area contributed by atoms with E-state index in [4.69, 9.17) is 33.7 Å². The minimum absolute atomic E-state index is 0.0188. The molecule has 0 aliphatic carbocycles. The summed E-state index contributed by atoms with van der Waals surface area (Å²) in [5.41, 5.74) is 8.27. The molecule has 31 heavy (non-hydrogen) atoms. The Labute approximate surface area is 190 Å². The van der Waals surface area contributed by atoms with E-state index < -0.39 is 5.91 Å². The highest BCUT2D eigenvalue weighted by molar-refractivity contribution is 6.32. The van der Waals surface area contributed by atoms with Crippen molar-refractivity contribution >= 4 is 40.7 Å². The Morgan fingerprint density at radius 2 is 1.87 bits per heavy atom. The maximum absolute atomic E-state index is 12.7. The molecule has 3 aromatic rings. The summed E-state index contributed by atoms with van der Waals surface area (Å²) in [6, 6.07) is 17.7. The third-order valence-corrected chi connectivity index (χ3v) is 5.91. The van der Waals surface area contributed by atoms with E-state index in [0.29, 0.717) is 45.8 Å². The van der Waals surface area contributed by atoms with Crippen LogP contribution in [0.3, 0.4) is 0 Å². The minimum Gasteiger partial charge on any atom is -0.455 e. The number of carbonyl (C=O) groups excluding carboxylic acids is 2. The van der Waals surface area contributed by atoms with Gasteiger partial charge in [-0.15, -0.1) is 0 Å². The second-order valence-electron chi connectivity index (χ2n) is 7.52. The Hall–Kier alpha value is -3.02. The first-order valence-electron chi connectivity index (χ1n) is 9.75. The number of halogens is 2. The van der Waals surface area contributed by atoms with Gasteiger partial charge in [-0.2, -0.15) is 0 Å². The monoisotopic (exact) mass is 454 g/mol. The quantitative estimate of drug-likeness (QED) is 0.536. The molecule has 2 amide bonds. The second-order valence-corrected chi connectivity index (χ2v) is 8.37. The van der Waals surface area contributed by atoms with E-state index in [1.807, 2.05) is 25.1 Å². The maximum atomic E-state index is 12.7. The van der Waals surface area contributed by atoms with Gasteiger partial charge in [0.15, 0.2) is 0 Å². The van der Waals surface area contributed by atoms with E-state index in [-0.39, 0.29) is 11.8 Å². The summed E-state index contributed by atoms with van der Waals surface area (Å²) in [7, 11) is 0. The number of benzene rings is 3. The third kappa shape index (κ3) is 4.53. The number of amides is 2. The van der Waals surface area contributed by atoms with Crippen molar-refractivity contribution in [1.82, 2.24) is 0 Å². The maximum Gasteiger partial charge on any atom is 0.248 e. The largest absolute Gasteiger partial charge is 0.455 e. The average molecular weight is 455 g/mol. The van der Waals surface area contributed by atoms with Crippen molar-refractivity contribution in [2.24, 2.45) is 5.73 Å². The molecule has 158 valence electrons. The van der Waals surface area contributed by atoms with E-state index in [2.05, 4.69) is 0 Å². The number of hydrogen-bond acceptors (Lipinski definition) is 3. The molecule has 1 saturated heterocycles. The summed E-state index contributed by atoms with van der Waals surface area (Å²) < 4.78 is 6.04. The number of hydrogen-bond donors (Lipinski definition) is 1. The van der Waals surface area contributed by atoms with E-state index >= 15 is 0 Å². The summed E-state index contributed by atoms with van der Waals surface area (Å²) in [5.74, 6) is 0.547. The number of primary amides is 1. The van der Waals surface area contributed by atoms with Crippen molar-refractivity contribution in [3.63, 3.8) is 0 Å². The number of nitrogens with zero attached hydrogens (tertiary/aromatic N) is 1. The van der Waals surface area contributed by atoms with E-state index in [1.165, 1.54) is 0 Å². The van der Waals surface area contributed by atoms with Gasteiger partial charge in [0, 0.05) is 35.2 Å². The van der Waals surface area contributed by atoms with Crippen LogP contribution < -0.4 is 15.4 Å². The van der Waals surface area contributed by atoms with Gasteiger partial charge < -0.3 is 15.4 Å². The number of carbonyl (C=O) groups is 2. The summed E-state index contributed by atoms with van der Waals surface area (Å²) in [4.78, 5) is 25.9. The summed E-state index contributed by atoms with van der Waals surface area (Å²) >= 11 is 12.5. The molecule has 0 saturated carbocycles. The molecule has 3 aromatic carbocycles. The van der Waals surface area contributed by atoms with Crippen molar-refractivity contribution in [2.75, 3.05) is 11.4 Å². The molecule has 2 N–H and O–H groups in total. The lowest BCUT2D eigenvalue weighted by Gasteiger charge is -2.18. The first-order valence-corrected chi connectivity index (χ1v) is 10.5. The molecule has 0 bridgehead atoms. The molecule has 7 heteroatoms. The highest BCUT2D eigenvalue weighted by Gasteiger charge is 2.32. The molecule has 5 nitrogen and oxygen atoms in total. The lowest BCUT2D eigenvalue weighted by atomic mass is 9.98. The standard InChI is InChI=1S/C24H20Cl2N2O3/c1-14-5-7-18(25)12-21(14)31-22-10-15(6-8-20(22)26)17-11-23(29)28(13-17)19-4-2-3-16(9-19)24(27)30/h2-10,12,17H,11,13H2,1H3,(H2,27,30)/t17-/m0/s1. The highest BCUT2D eigenvalue weighted by Crippen LogP contribution is 2.38. The van der Waals surface area contributed by atoms with E-state index in [1.54, 1.807) is 47.4 Å². The van der Waals surface area contributed by atoms with Crippen LogP contribution >= 0.6 is 23.2 Å². The van der Waals surface area contributed by atoms with Crippen molar-refractivity contribution in [2.45, 2.75) is 19.3 Å². The van der Waals surface area contributed by atoms with Gasteiger partial charge in [-0.25, -0.2) is 0 Å². The molecular weight excluding hydrogens is 435 g/mol. The number of aryl methyl sites for hydroxylation is 1. The molecule has 1 fully saturated rings. The molecule has 1 atom stereocenters. The predicted molar refractivity (Wildman–Crippen MR) is 122 cm³/mol. The molecule has 1 heterocycles. The third-order valence-electron chi connectivity index (χ3n) is 5.36. The zero-order valence-electron chi connectivity index (χ0n) is 16.8. The molecule has 0 aromatic heterocycles. The summed E-state index contributed by atoms with van der Waals surface area (Å²) in [6.45, 7) is 2.41. The fourth-order valence-electron chi connectivity index (χ4n) is 3.66. The van der Waals surface area contributed by atoms with Crippen LogP contribution in [0.5, 0.6) is 11.5 Å². The van der Waals surface area contributed by atoms with E-state index in [9.17, 15) is 9.59 Å². The zero-order chi connectivity index (χ0) is 22.1. The number of nitrogens with two attached hydrogens (primary N) is 1. The SMILES string of the molecule is Cc1ccc(Cl)cc1Oc1cc([C@H]2CC(=O)N(c3cccc(C(N)=O)c3)C2)ccc1Cl. The normalized spacial score (nSPS) is 15.9. The number of ether oxygens (including phenoxy) is 1. The number of rotatable bonds is 5. The first-order chi connectivity index (χ1) is 14.8. The van der Waals surface area contributed by atoms with Crippen LogP contribution in [-0.4, -0.2) is 18.4 Å².